The van der Waals surface area contributed by atoms with Crippen molar-refractivity contribution in [3.05, 3.63) is 0 Å². The van der Waals surface area contributed by atoms with Crippen LogP contribution in [0, 0.1) is 46.8 Å². The number of hydrogen-bond donors (Lipinski definition) is 0. The second-order valence-corrected chi connectivity index (χ2v) is 9.36. The van der Waals surface area contributed by atoms with Crippen LogP contribution in [0.5, 0.6) is 0 Å². The standard InChI is InChI=1S/C21H30N2O3/c1-12-8-16-15-10-13(11-23-17(15)9-12)14(6-5-7-22)19(24)18(16)20(25)26-21(2,3)4/h12-16,18H,5-6,8-11H2,1-4H3. The molecule has 0 aromatic rings. The van der Waals surface area contributed by atoms with Crippen LogP contribution in [0.25, 0.3) is 0 Å². The van der Waals surface area contributed by atoms with Gasteiger partial charge in [0.1, 0.15) is 11.5 Å². The Morgan fingerprint density at radius 1 is 1.35 bits per heavy atom. The van der Waals surface area contributed by atoms with E-state index < -0.39 is 11.5 Å². The number of fused-ring (bicyclic) bond motifs is 1. The van der Waals surface area contributed by atoms with Crippen LogP contribution in [0.1, 0.15) is 59.8 Å². The van der Waals surface area contributed by atoms with Crippen molar-refractivity contribution in [3.8, 4) is 6.07 Å². The first-order valence-electron chi connectivity index (χ1n) is 9.88. The van der Waals surface area contributed by atoms with Gasteiger partial charge in [-0.2, -0.15) is 5.26 Å². The molecular formula is C21H30N2O3. The minimum Gasteiger partial charge on any atom is -0.459 e. The van der Waals surface area contributed by atoms with Crippen molar-refractivity contribution in [1.29, 1.82) is 5.26 Å². The number of aliphatic imine (C=N–C) groups is 1. The zero-order chi connectivity index (χ0) is 19.1. The Kier molecular flexibility index (Phi) is 5.23. The molecule has 5 heteroatoms. The zero-order valence-corrected chi connectivity index (χ0v) is 16.3. The lowest BCUT2D eigenvalue weighted by atomic mass is 9.66. The number of carbonyl (C=O) groups excluding carboxylic acids is 2. The van der Waals surface area contributed by atoms with Crippen molar-refractivity contribution < 1.29 is 14.3 Å². The van der Waals surface area contributed by atoms with Crippen molar-refractivity contribution in [2.24, 2.45) is 40.5 Å². The molecule has 6 atom stereocenters. The molecule has 0 amide bonds. The summed E-state index contributed by atoms with van der Waals surface area (Å²) in [5.74, 6) is -0.536. The van der Waals surface area contributed by atoms with Crippen LogP contribution >= 0.6 is 0 Å². The van der Waals surface area contributed by atoms with Crippen LogP contribution in [0.2, 0.25) is 0 Å². The summed E-state index contributed by atoms with van der Waals surface area (Å²) in [6.07, 6.45) is 3.65. The average Bonchev–Trinajstić information content (AvgIpc) is 2.63. The maximum absolute atomic E-state index is 13.5. The lowest BCUT2D eigenvalue weighted by Gasteiger charge is -2.40. The molecule has 0 aromatic heterocycles. The number of carbonyl (C=O) groups is 2. The molecule has 2 aliphatic carbocycles. The number of ketones is 1. The van der Waals surface area contributed by atoms with E-state index in [9.17, 15) is 9.59 Å². The van der Waals surface area contributed by atoms with Gasteiger partial charge in [0, 0.05) is 30.5 Å². The predicted molar refractivity (Wildman–Crippen MR) is 98.5 cm³/mol. The second kappa shape index (κ2) is 7.13. The second-order valence-electron chi connectivity index (χ2n) is 9.36. The van der Waals surface area contributed by atoms with Gasteiger partial charge in [-0.15, -0.1) is 0 Å². The van der Waals surface area contributed by atoms with Gasteiger partial charge in [0.2, 0.25) is 0 Å². The SMILES string of the molecule is CC1CC2=NCC3CC2C(C1)C(C(=O)OC(C)(C)C)C(=O)C3CCC#N. The maximum Gasteiger partial charge on any atom is 0.317 e. The maximum atomic E-state index is 13.5. The summed E-state index contributed by atoms with van der Waals surface area (Å²) >= 11 is 0. The minimum atomic E-state index is -0.709. The fraction of sp³-hybridized carbons (Fsp3) is 0.810. The average molecular weight is 358 g/mol. The molecule has 0 spiro atoms. The van der Waals surface area contributed by atoms with E-state index in [-0.39, 0.29) is 35.4 Å². The van der Waals surface area contributed by atoms with Gasteiger partial charge in [0.15, 0.2) is 5.78 Å². The number of nitriles is 1. The van der Waals surface area contributed by atoms with Crippen LogP contribution in [-0.2, 0) is 14.3 Å². The summed E-state index contributed by atoms with van der Waals surface area (Å²) in [5.41, 5.74) is 0.588. The highest BCUT2D eigenvalue weighted by molar-refractivity contribution is 6.02. The quantitative estimate of drug-likeness (QED) is 0.570. The molecule has 1 heterocycles. The Balaban J connectivity index is 1.99. The molecule has 2 fully saturated rings. The number of Topliss-reactive ketones (excluding diaryl/α,β-unsaturated/α-hetero) is 1. The molecule has 5 nitrogen and oxygen atoms in total. The van der Waals surface area contributed by atoms with Gasteiger partial charge in [0.05, 0.1) is 6.07 Å². The third-order valence-corrected chi connectivity index (χ3v) is 6.16. The first-order valence-corrected chi connectivity index (χ1v) is 9.88. The van der Waals surface area contributed by atoms with Crippen LogP contribution in [0.3, 0.4) is 0 Å². The fourth-order valence-corrected chi connectivity index (χ4v) is 5.18. The minimum absolute atomic E-state index is 0.00227. The Hall–Kier alpha value is -1.70. The lowest BCUT2D eigenvalue weighted by molar-refractivity contribution is -0.165. The van der Waals surface area contributed by atoms with E-state index >= 15 is 0 Å². The van der Waals surface area contributed by atoms with Gasteiger partial charge in [-0.3, -0.25) is 14.6 Å². The summed E-state index contributed by atoms with van der Waals surface area (Å²) in [4.78, 5) is 31.3. The monoisotopic (exact) mass is 358 g/mol. The van der Waals surface area contributed by atoms with Gasteiger partial charge >= 0.3 is 5.97 Å². The molecule has 0 aromatic carbocycles. The summed E-state index contributed by atoms with van der Waals surface area (Å²) < 4.78 is 5.67. The Morgan fingerprint density at radius 2 is 2.08 bits per heavy atom. The van der Waals surface area contributed by atoms with E-state index in [4.69, 9.17) is 15.0 Å². The number of rotatable bonds is 3. The van der Waals surface area contributed by atoms with Crippen molar-refractivity contribution in [2.45, 2.75) is 65.4 Å². The van der Waals surface area contributed by atoms with Gasteiger partial charge < -0.3 is 4.74 Å². The Labute approximate surface area is 156 Å². The highest BCUT2D eigenvalue weighted by atomic mass is 16.6. The van der Waals surface area contributed by atoms with Gasteiger partial charge in [-0.25, -0.2) is 0 Å². The van der Waals surface area contributed by atoms with Crippen molar-refractivity contribution in [3.63, 3.8) is 0 Å². The summed E-state index contributed by atoms with van der Waals surface area (Å²) in [6.45, 7) is 8.36. The van der Waals surface area contributed by atoms with Gasteiger partial charge in [0.25, 0.3) is 0 Å². The predicted octanol–water partition coefficient (Wildman–Crippen LogP) is 3.57. The number of nitrogens with zero attached hydrogens (tertiary/aromatic N) is 2. The Bertz CT molecular complexity index is 655. The van der Waals surface area contributed by atoms with Crippen LogP contribution in [0.4, 0.5) is 0 Å². The lowest BCUT2D eigenvalue weighted by Crippen LogP contribution is -2.44. The first kappa shape index (κ1) is 19.1. The van der Waals surface area contributed by atoms with Crippen LogP contribution in [0.15, 0.2) is 4.99 Å². The third-order valence-electron chi connectivity index (χ3n) is 6.16. The number of esters is 1. The Morgan fingerprint density at radius 3 is 2.73 bits per heavy atom. The highest BCUT2D eigenvalue weighted by Crippen LogP contribution is 2.48. The fourth-order valence-electron chi connectivity index (χ4n) is 5.18. The summed E-state index contributed by atoms with van der Waals surface area (Å²) in [5, 5.41) is 9.01. The number of hydrogen-bond acceptors (Lipinski definition) is 5. The molecule has 6 unspecified atom stereocenters. The number of ether oxygens (including phenoxy) is 1. The molecule has 3 rings (SSSR count). The van der Waals surface area contributed by atoms with Crippen molar-refractivity contribution in [1.82, 2.24) is 0 Å². The molecule has 26 heavy (non-hydrogen) atoms. The normalized spacial score (nSPS) is 36.6. The van der Waals surface area contributed by atoms with Crippen LogP contribution in [-0.4, -0.2) is 29.6 Å². The molecule has 0 radical (unpaired) electrons. The molecule has 3 aliphatic rings. The molecular weight excluding hydrogens is 328 g/mol. The molecule has 142 valence electrons. The molecule has 2 bridgehead atoms. The van der Waals surface area contributed by atoms with E-state index in [0.29, 0.717) is 25.3 Å². The topological polar surface area (TPSA) is 79.5 Å². The van der Waals surface area contributed by atoms with Crippen molar-refractivity contribution >= 4 is 17.5 Å². The first-order chi connectivity index (χ1) is 12.2. The van der Waals surface area contributed by atoms with E-state index in [1.807, 2.05) is 20.8 Å². The van der Waals surface area contributed by atoms with E-state index in [1.165, 1.54) is 5.71 Å². The largest absolute Gasteiger partial charge is 0.459 e. The molecule has 0 N–H and O–H groups in total. The van der Waals surface area contributed by atoms with E-state index in [1.54, 1.807) is 0 Å². The molecule has 2 saturated carbocycles. The van der Waals surface area contributed by atoms with Crippen LogP contribution < -0.4 is 0 Å². The van der Waals surface area contributed by atoms with Gasteiger partial charge in [-0.1, -0.05) is 6.92 Å². The molecule has 0 saturated heterocycles. The van der Waals surface area contributed by atoms with Crippen molar-refractivity contribution in [2.75, 3.05) is 6.54 Å². The zero-order valence-electron chi connectivity index (χ0n) is 16.3. The third kappa shape index (κ3) is 3.70. The summed E-state index contributed by atoms with van der Waals surface area (Å²) in [6, 6.07) is 2.16. The summed E-state index contributed by atoms with van der Waals surface area (Å²) in [7, 11) is 0. The highest BCUT2D eigenvalue weighted by Gasteiger charge is 2.53. The van der Waals surface area contributed by atoms with E-state index in [0.717, 1.165) is 19.3 Å². The van der Waals surface area contributed by atoms with E-state index in [2.05, 4.69) is 13.0 Å². The van der Waals surface area contributed by atoms with Gasteiger partial charge in [-0.05, 0) is 64.2 Å². The molecule has 1 aliphatic heterocycles. The smallest absolute Gasteiger partial charge is 0.317 e.